The number of methoxy groups -OCH3 is 1. The fraction of sp³-hybridized carbons (Fsp3) is 0.208. The molecule has 2 aliphatic rings. The van der Waals surface area contributed by atoms with Gasteiger partial charge in [-0.3, -0.25) is 14.6 Å². The summed E-state index contributed by atoms with van der Waals surface area (Å²) in [6, 6.07) is 16.4. The van der Waals surface area contributed by atoms with Gasteiger partial charge in [0, 0.05) is 31.3 Å². The molecule has 0 aliphatic carbocycles. The second-order valence-electron chi connectivity index (χ2n) is 7.64. The molecule has 1 atom stereocenters. The van der Waals surface area contributed by atoms with Gasteiger partial charge in [0.05, 0.1) is 18.4 Å². The van der Waals surface area contributed by atoms with Crippen molar-refractivity contribution in [2.75, 3.05) is 20.2 Å². The predicted molar refractivity (Wildman–Crippen MR) is 111 cm³/mol. The maximum Gasteiger partial charge on any atom is 0.257 e. The molecule has 1 aromatic heterocycles. The van der Waals surface area contributed by atoms with Gasteiger partial charge in [0.25, 0.3) is 11.8 Å². The van der Waals surface area contributed by atoms with Crippen LogP contribution in [0.25, 0.3) is 0 Å². The van der Waals surface area contributed by atoms with E-state index in [1.807, 2.05) is 24.3 Å². The Morgan fingerprint density at radius 2 is 1.81 bits per heavy atom. The molecule has 0 spiro atoms. The fourth-order valence-electron chi connectivity index (χ4n) is 4.62. The van der Waals surface area contributed by atoms with Gasteiger partial charge in [0.1, 0.15) is 17.2 Å². The molecule has 2 aliphatic heterocycles. The third kappa shape index (κ3) is 2.88. The molecule has 0 radical (unpaired) electrons. The topological polar surface area (TPSA) is 62.7 Å². The van der Waals surface area contributed by atoms with Crippen LogP contribution in [0.2, 0.25) is 0 Å². The Bertz CT molecular complexity index is 1160. The van der Waals surface area contributed by atoms with Crippen molar-refractivity contribution >= 4 is 11.8 Å². The van der Waals surface area contributed by atoms with Gasteiger partial charge in [-0.2, -0.15) is 0 Å². The van der Waals surface area contributed by atoms with Crippen LogP contribution in [0.15, 0.2) is 66.9 Å². The van der Waals surface area contributed by atoms with E-state index in [-0.39, 0.29) is 11.8 Å². The average Bonchev–Trinajstić information content (AvgIpc) is 3.20. The molecular weight excluding hydrogens is 397 g/mol. The first-order chi connectivity index (χ1) is 15.0. The van der Waals surface area contributed by atoms with Crippen LogP contribution in [0, 0.1) is 5.82 Å². The van der Waals surface area contributed by atoms with Gasteiger partial charge in [0.15, 0.2) is 0 Å². The zero-order valence-electron chi connectivity index (χ0n) is 16.9. The maximum atomic E-state index is 13.6. The summed E-state index contributed by atoms with van der Waals surface area (Å²) in [4.78, 5) is 34.9. The monoisotopic (exact) mass is 417 g/mol. The molecule has 0 unspecified atom stereocenters. The fourth-order valence-corrected chi connectivity index (χ4v) is 4.62. The molecule has 6 nitrogen and oxygen atoms in total. The SMILES string of the molecule is COc1ccc([C@]23Cc4ncccc4C(=O)N2CCN3C(=O)c2ccc(F)cc2)cc1. The lowest BCUT2D eigenvalue weighted by Gasteiger charge is -2.47. The zero-order valence-corrected chi connectivity index (χ0v) is 16.9. The highest BCUT2D eigenvalue weighted by molar-refractivity contribution is 6.00. The molecule has 1 fully saturated rings. The van der Waals surface area contributed by atoms with E-state index in [1.54, 1.807) is 35.2 Å². The van der Waals surface area contributed by atoms with Crippen LogP contribution >= 0.6 is 0 Å². The maximum absolute atomic E-state index is 13.6. The number of halogens is 1. The summed E-state index contributed by atoms with van der Waals surface area (Å²) in [7, 11) is 1.59. The number of rotatable bonds is 3. The van der Waals surface area contributed by atoms with Crippen molar-refractivity contribution in [3.8, 4) is 5.75 Å². The summed E-state index contributed by atoms with van der Waals surface area (Å²) in [5.41, 5.74) is 1.36. The van der Waals surface area contributed by atoms with Crippen LogP contribution in [0.4, 0.5) is 4.39 Å². The summed E-state index contributed by atoms with van der Waals surface area (Å²) in [6.07, 6.45) is 2.03. The van der Waals surface area contributed by atoms with Crippen molar-refractivity contribution in [1.82, 2.24) is 14.8 Å². The molecule has 2 aromatic carbocycles. The van der Waals surface area contributed by atoms with Crippen molar-refractivity contribution in [3.63, 3.8) is 0 Å². The summed E-state index contributed by atoms with van der Waals surface area (Å²) < 4.78 is 18.7. The Kier molecular flexibility index (Phi) is 4.46. The lowest BCUT2D eigenvalue weighted by atomic mass is 9.86. The number of benzene rings is 2. The minimum atomic E-state index is -1.02. The minimum absolute atomic E-state index is 0.153. The molecule has 3 heterocycles. The molecule has 5 rings (SSSR count). The first kappa shape index (κ1) is 19.2. The molecule has 2 amide bonds. The van der Waals surface area contributed by atoms with Crippen molar-refractivity contribution < 1.29 is 18.7 Å². The molecule has 7 heteroatoms. The molecule has 1 saturated heterocycles. The van der Waals surface area contributed by atoms with Gasteiger partial charge >= 0.3 is 0 Å². The lowest BCUT2D eigenvalue weighted by molar-refractivity contribution is 0.00703. The third-order valence-corrected chi connectivity index (χ3v) is 6.11. The number of hydrogen-bond acceptors (Lipinski definition) is 4. The Morgan fingerprint density at radius 1 is 1.06 bits per heavy atom. The summed E-state index contributed by atoms with van der Waals surface area (Å²) in [5.74, 6) is -0.137. The molecule has 0 N–H and O–H groups in total. The first-order valence-electron chi connectivity index (χ1n) is 10.0. The molecule has 0 saturated carbocycles. The number of nitrogens with zero attached hydrogens (tertiary/aromatic N) is 3. The van der Waals surface area contributed by atoms with Gasteiger partial charge in [-0.1, -0.05) is 12.1 Å². The van der Waals surface area contributed by atoms with E-state index < -0.39 is 11.5 Å². The number of hydrogen-bond donors (Lipinski definition) is 0. The number of carbonyl (C=O) groups is 2. The smallest absolute Gasteiger partial charge is 0.257 e. The van der Waals surface area contributed by atoms with Crippen molar-refractivity contribution in [2.24, 2.45) is 0 Å². The van der Waals surface area contributed by atoms with Crippen LogP contribution in [0.1, 0.15) is 32.0 Å². The molecule has 0 bridgehead atoms. The van der Waals surface area contributed by atoms with Crippen LogP contribution in [0.5, 0.6) is 5.75 Å². The Balaban J connectivity index is 1.67. The quantitative estimate of drug-likeness (QED) is 0.657. The van der Waals surface area contributed by atoms with Gasteiger partial charge in [-0.05, 0) is 54.1 Å². The van der Waals surface area contributed by atoms with Gasteiger partial charge in [0.2, 0.25) is 0 Å². The van der Waals surface area contributed by atoms with E-state index in [0.29, 0.717) is 42.1 Å². The zero-order chi connectivity index (χ0) is 21.6. The van der Waals surface area contributed by atoms with E-state index in [9.17, 15) is 14.0 Å². The van der Waals surface area contributed by atoms with Crippen molar-refractivity contribution in [3.05, 3.63) is 95.1 Å². The van der Waals surface area contributed by atoms with E-state index >= 15 is 0 Å². The number of ether oxygens (including phenoxy) is 1. The molecular formula is C24H20FN3O3. The average molecular weight is 417 g/mol. The van der Waals surface area contributed by atoms with E-state index in [4.69, 9.17) is 4.74 Å². The van der Waals surface area contributed by atoms with Gasteiger partial charge < -0.3 is 14.5 Å². The number of aromatic nitrogens is 1. The lowest BCUT2D eigenvalue weighted by Crippen LogP contribution is -2.58. The van der Waals surface area contributed by atoms with Crippen LogP contribution < -0.4 is 4.74 Å². The molecule has 3 aromatic rings. The van der Waals surface area contributed by atoms with Crippen LogP contribution in [0.3, 0.4) is 0 Å². The number of carbonyl (C=O) groups excluding carboxylic acids is 2. The Morgan fingerprint density at radius 3 is 2.52 bits per heavy atom. The first-order valence-corrected chi connectivity index (χ1v) is 10.0. The highest BCUT2D eigenvalue weighted by Crippen LogP contribution is 2.45. The Labute approximate surface area is 178 Å². The van der Waals surface area contributed by atoms with E-state index in [1.165, 1.54) is 24.3 Å². The van der Waals surface area contributed by atoms with Gasteiger partial charge in [-0.15, -0.1) is 0 Å². The highest BCUT2D eigenvalue weighted by Gasteiger charge is 2.56. The van der Waals surface area contributed by atoms with Crippen LogP contribution in [-0.2, 0) is 12.1 Å². The summed E-state index contributed by atoms with van der Waals surface area (Å²) in [6.45, 7) is 0.758. The highest BCUT2D eigenvalue weighted by atomic mass is 19.1. The number of pyridine rings is 1. The second kappa shape index (κ2) is 7.19. The van der Waals surface area contributed by atoms with Crippen molar-refractivity contribution in [1.29, 1.82) is 0 Å². The Hall–Kier alpha value is -3.74. The number of amides is 2. The largest absolute Gasteiger partial charge is 0.497 e. The standard InChI is InChI=1S/C24H20FN3O3/c1-31-19-10-6-17(7-11-19)24-15-21-20(3-2-12-26-21)23(30)28(24)14-13-27(24)22(29)16-4-8-18(25)9-5-16/h2-12H,13-15H2,1H3/t24-/m0/s1. The van der Waals surface area contributed by atoms with Gasteiger partial charge in [-0.25, -0.2) is 4.39 Å². The van der Waals surface area contributed by atoms with E-state index in [0.717, 1.165) is 5.56 Å². The second-order valence-corrected chi connectivity index (χ2v) is 7.64. The van der Waals surface area contributed by atoms with Crippen LogP contribution in [-0.4, -0.2) is 46.8 Å². The normalized spacial score (nSPS) is 19.7. The summed E-state index contributed by atoms with van der Waals surface area (Å²) >= 11 is 0. The number of fused-ring (bicyclic) bond motifs is 2. The summed E-state index contributed by atoms with van der Waals surface area (Å²) in [5, 5.41) is 0. The molecule has 156 valence electrons. The van der Waals surface area contributed by atoms with E-state index in [2.05, 4.69) is 4.98 Å². The predicted octanol–water partition coefficient (Wildman–Crippen LogP) is 3.24. The molecule has 31 heavy (non-hydrogen) atoms. The third-order valence-electron chi connectivity index (χ3n) is 6.11. The minimum Gasteiger partial charge on any atom is -0.497 e. The van der Waals surface area contributed by atoms with Crippen molar-refractivity contribution in [2.45, 2.75) is 12.1 Å².